The summed E-state index contributed by atoms with van der Waals surface area (Å²) in [6.45, 7) is 5.27. The summed E-state index contributed by atoms with van der Waals surface area (Å²) < 4.78 is 0. The van der Waals surface area contributed by atoms with Crippen LogP contribution in [0.1, 0.15) is 32.6 Å². The molecule has 0 aromatic heterocycles. The van der Waals surface area contributed by atoms with E-state index < -0.39 is 0 Å². The third-order valence-corrected chi connectivity index (χ3v) is 4.45. The fourth-order valence-corrected chi connectivity index (χ4v) is 3.02. The second kappa shape index (κ2) is 5.83. The van der Waals surface area contributed by atoms with E-state index in [-0.39, 0.29) is 17.6 Å². The molecule has 0 bridgehead atoms. The molecule has 4 nitrogen and oxygen atoms in total. The summed E-state index contributed by atoms with van der Waals surface area (Å²) in [6, 6.07) is 0. The van der Waals surface area contributed by atoms with E-state index in [1.54, 1.807) is 6.92 Å². The summed E-state index contributed by atoms with van der Waals surface area (Å²) in [7, 11) is 2.11. The number of ketones is 1. The molecule has 2 aliphatic heterocycles. The van der Waals surface area contributed by atoms with Crippen molar-refractivity contribution in [1.82, 2.24) is 9.80 Å². The molecular weight excluding hydrogens is 228 g/mol. The van der Waals surface area contributed by atoms with Crippen molar-refractivity contribution in [3.63, 3.8) is 0 Å². The van der Waals surface area contributed by atoms with E-state index in [1.807, 2.05) is 4.90 Å². The van der Waals surface area contributed by atoms with Gasteiger partial charge >= 0.3 is 0 Å². The highest BCUT2D eigenvalue weighted by molar-refractivity contribution is 5.81. The summed E-state index contributed by atoms with van der Waals surface area (Å²) in [4.78, 5) is 27.9. The van der Waals surface area contributed by atoms with E-state index in [2.05, 4.69) is 11.9 Å². The van der Waals surface area contributed by atoms with E-state index in [0.717, 1.165) is 51.9 Å². The van der Waals surface area contributed by atoms with Crippen LogP contribution in [0.25, 0.3) is 0 Å². The summed E-state index contributed by atoms with van der Waals surface area (Å²) in [6.07, 6.45) is 3.69. The molecule has 18 heavy (non-hydrogen) atoms. The van der Waals surface area contributed by atoms with Crippen LogP contribution in [0.2, 0.25) is 0 Å². The number of amides is 1. The number of hydrogen-bond acceptors (Lipinski definition) is 3. The van der Waals surface area contributed by atoms with E-state index in [0.29, 0.717) is 5.91 Å². The summed E-state index contributed by atoms with van der Waals surface area (Å²) in [5.74, 6) is 1.01. The van der Waals surface area contributed by atoms with Crippen LogP contribution < -0.4 is 0 Å². The van der Waals surface area contributed by atoms with Crippen molar-refractivity contribution in [2.75, 3.05) is 33.2 Å². The number of hydrogen-bond donors (Lipinski definition) is 0. The zero-order chi connectivity index (χ0) is 13.1. The van der Waals surface area contributed by atoms with Gasteiger partial charge in [0.15, 0.2) is 0 Å². The third-order valence-electron chi connectivity index (χ3n) is 4.45. The van der Waals surface area contributed by atoms with Crippen molar-refractivity contribution in [3.8, 4) is 0 Å². The van der Waals surface area contributed by atoms with Gasteiger partial charge in [-0.05, 0) is 52.7 Å². The van der Waals surface area contributed by atoms with Crippen molar-refractivity contribution >= 4 is 11.7 Å². The summed E-state index contributed by atoms with van der Waals surface area (Å²) >= 11 is 0. The SMILES string of the molecule is CC(=O)C1CCN(C(=O)C2CCN(C)CC2)CC1. The second-order valence-corrected chi connectivity index (χ2v) is 5.79. The Morgan fingerprint density at radius 1 is 0.889 bits per heavy atom. The molecule has 2 fully saturated rings. The average molecular weight is 252 g/mol. The highest BCUT2D eigenvalue weighted by Gasteiger charge is 2.30. The van der Waals surface area contributed by atoms with Crippen molar-refractivity contribution in [2.45, 2.75) is 32.6 Å². The lowest BCUT2D eigenvalue weighted by molar-refractivity contribution is -0.139. The monoisotopic (exact) mass is 252 g/mol. The molecule has 0 aromatic rings. The van der Waals surface area contributed by atoms with Gasteiger partial charge in [-0.25, -0.2) is 0 Å². The number of nitrogens with zero attached hydrogens (tertiary/aromatic N) is 2. The molecule has 0 atom stereocenters. The first-order chi connectivity index (χ1) is 8.58. The van der Waals surface area contributed by atoms with Crippen LogP contribution in [0, 0.1) is 11.8 Å². The van der Waals surface area contributed by atoms with Gasteiger partial charge in [-0.2, -0.15) is 0 Å². The van der Waals surface area contributed by atoms with Crippen LogP contribution >= 0.6 is 0 Å². The van der Waals surface area contributed by atoms with Gasteiger partial charge in [0, 0.05) is 24.9 Å². The Morgan fingerprint density at radius 2 is 1.39 bits per heavy atom. The number of carbonyl (C=O) groups excluding carboxylic acids is 2. The minimum atomic E-state index is 0.187. The molecule has 102 valence electrons. The van der Waals surface area contributed by atoms with Gasteiger partial charge in [0.2, 0.25) is 5.91 Å². The maximum atomic E-state index is 12.4. The van der Waals surface area contributed by atoms with E-state index in [4.69, 9.17) is 0 Å². The Morgan fingerprint density at radius 3 is 1.89 bits per heavy atom. The molecule has 0 aliphatic carbocycles. The smallest absolute Gasteiger partial charge is 0.225 e. The van der Waals surface area contributed by atoms with Gasteiger partial charge in [-0.15, -0.1) is 0 Å². The van der Waals surface area contributed by atoms with Crippen LogP contribution in [0.5, 0.6) is 0 Å². The molecule has 0 spiro atoms. The van der Waals surface area contributed by atoms with Gasteiger partial charge in [0.25, 0.3) is 0 Å². The largest absolute Gasteiger partial charge is 0.342 e. The minimum Gasteiger partial charge on any atom is -0.342 e. The van der Waals surface area contributed by atoms with Gasteiger partial charge in [-0.1, -0.05) is 0 Å². The molecular formula is C14H24N2O2. The first-order valence-electron chi connectivity index (χ1n) is 7.05. The first kappa shape index (κ1) is 13.5. The predicted molar refractivity (Wildman–Crippen MR) is 70.2 cm³/mol. The van der Waals surface area contributed by atoms with Crippen LogP contribution in [0.4, 0.5) is 0 Å². The summed E-state index contributed by atoms with van der Waals surface area (Å²) in [5, 5.41) is 0. The number of Topliss-reactive ketones (excluding diaryl/α,β-unsaturated/α-hetero) is 1. The molecule has 0 aromatic carbocycles. The highest BCUT2D eigenvalue weighted by Crippen LogP contribution is 2.23. The van der Waals surface area contributed by atoms with Gasteiger partial charge < -0.3 is 9.80 Å². The number of piperidine rings is 2. The second-order valence-electron chi connectivity index (χ2n) is 5.79. The molecule has 2 heterocycles. The fourth-order valence-electron chi connectivity index (χ4n) is 3.02. The minimum absolute atomic E-state index is 0.187. The molecule has 0 saturated carbocycles. The quantitative estimate of drug-likeness (QED) is 0.740. The van der Waals surface area contributed by atoms with Gasteiger partial charge in [-0.3, -0.25) is 9.59 Å². The van der Waals surface area contributed by atoms with E-state index >= 15 is 0 Å². The number of carbonyl (C=O) groups is 2. The van der Waals surface area contributed by atoms with Gasteiger partial charge in [0.05, 0.1) is 0 Å². The van der Waals surface area contributed by atoms with Gasteiger partial charge in [0.1, 0.15) is 5.78 Å². The number of likely N-dealkylation sites (tertiary alicyclic amines) is 2. The average Bonchev–Trinajstić information content (AvgIpc) is 2.39. The maximum absolute atomic E-state index is 12.4. The molecule has 4 heteroatoms. The van der Waals surface area contributed by atoms with Crippen molar-refractivity contribution in [2.24, 2.45) is 11.8 Å². The molecule has 0 unspecified atom stereocenters. The zero-order valence-corrected chi connectivity index (χ0v) is 11.5. The van der Waals surface area contributed by atoms with Crippen molar-refractivity contribution < 1.29 is 9.59 Å². The standard InChI is InChI=1S/C14H24N2O2/c1-11(17)12-5-9-16(10-6-12)14(18)13-3-7-15(2)8-4-13/h12-13H,3-10H2,1-2H3. The summed E-state index contributed by atoms with van der Waals surface area (Å²) in [5.41, 5.74) is 0. The van der Waals surface area contributed by atoms with E-state index in [1.165, 1.54) is 0 Å². The number of rotatable bonds is 2. The molecule has 2 aliphatic rings. The Hall–Kier alpha value is -0.900. The molecule has 2 saturated heterocycles. The molecule has 0 N–H and O–H groups in total. The Kier molecular flexibility index (Phi) is 4.38. The van der Waals surface area contributed by atoms with Crippen LogP contribution in [-0.2, 0) is 9.59 Å². The lowest BCUT2D eigenvalue weighted by Crippen LogP contribution is -2.45. The zero-order valence-electron chi connectivity index (χ0n) is 11.5. The van der Waals surface area contributed by atoms with Crippen LogP contribution in [0.15, 0.2) is 0 Å². The first-order valence-corrected chi connectivity index (χ1v) is 7.05. The lowest BCUT2D eigenvalue weighted by Gasteiger charge is -2.36. The Bertz CT molecular complexity index is 314. The normalized spacial score (nSPS) is 24.2. The molecule has 2 rings (SSSR count). The third kappa shape index (κ3) is 3.10. The fraction of sp³-hybridized carbons (Fsp3) is 0.857. The van der Waals surface area contributed by atoms with Crippen molar-refractivity contribution in [1.29, 1.82) is 0 Å². The topological polar surface area (TPSA) is 40.6 Å². The Labute approximate surface area is 109 Å². The van der Waals surface area contributed by atoms with E-state index in [9.17, 15) is 9.59 Å². The lowest BCUT2D eigenvalue weighted by atomic mass is 9.90. The van der Waals surface area contributed by atoms with Crippen LogP contribution in [0.3, 0.4) is 0 Å². The molecule has 0 radical (unpaired) electrons. The van der Waals surface area contributed by atoms with Crippen LogP contribution in [-0.4, -0.2) is 54.7 Å². The maximum Gasteiger partial charge on any atom is 0.225 e. The Balaban J connectivity index is 1.82. The predicted octanol–water partition coefficient (Wildman–Crippen LogP) is 1.16. The highest BCUT2D eigenvalue weighted by atomic mass is 16.2. The molecule has 1 amide bonds. The van der Waals surface area contributed by atoms with Crippen molar-refractivity contribution in [3.05, 3.63) is 0 Å².